The van der Waals surface area contributed by atoms with Crippen LogP contribution in [-0.4, -0.2) is 34.9 Å². The predicted molar refractivity (Wildman–Crippen MR) is 57.4 cm³/mol. The van der Waals surface area contributed by atoms with Crippen LogP contribution in [0.2, 0.25) is 0 Å². The summed E-state index contributed by atoms with van der Waals surface area (Å²) in [6.45, 7) is 0.113. The number of hydrogen-bond acceptors (Lipinski definition) is 3. The number of carbonyl (C=O) groups is 2. The van der Waals surface area contributed by atoms with Gasteiger partial charge >= 0.3 is 18.1 Å². The molecule has 0 atom stereocenters. The molecule has 2 N–H and O–H groups in total. The third-order valence-corrected chi connectivity index (χ3v) is 1.58. The molecule has 0 spiro atoms. The van der Waals surface area contributed by atoms with Gasteiger partial charge in [0, 0.05) is 0 Å². The van der Waals surface area contributed by atoms with Gasteiger partial charge in [-0.3, -0.25) is 0 Å². The minimum absolute atomic E-state index is 0.241. The van der Waals surface area contributed by atoms with E-state index >= 15 is 0 Å². The van der Waals surface area contributed by atoms with Gasteiger partial charge in [-0.2, -0.15) is 13.2 Å². The second-order valence-electron chi connectivity index (χ2n) is 3.18. The maximum absolute atomic E-state index is 10.6. The van der Waals surface area contributed by atoms with E-state index in [0.29, 0.717) is 6.61 Å². The van der Waals surface area contributed by atoms with E-state index in [-0.39, 0.29) is 6.61 Å². The summed E-state index contributed by atoms with van der Waals surface area (Å²) in [4.78, 5) is 19.0. The summed E-state index contributed by atoms with van der Waals surface area (Å²) in [7, 11) is 0. The Kier molecular flexibility index (Phi) is 7.20. The molecule has 1 aromatic carbocycles. The zero-order valence-corrected chi connectivity index (χ0v) is 9.55. The van der Waals surface area contributed by atoms with Crippen LogP contribution in [0.4, 0.5) is 13.2 Å². The van der Waals surface area contributed by atoms with Crippen molar-refractivity contribution in [1.29, 1.82) is 0 Å². The van der Waals surface area contributed by atoms with Gasteiger partial charge in [-0.1, -0.05) is 30.3 Å². The minimum atomic E-state index is -5.08. The van der Waals surface area contributed by atoms with Crippen molar-refractivity contribution in [2.75, 3.05) is 6.61 Å². The van der Waals surface area contributed by atoms with Crippen LogP contribution in [0.25, 0.3) is 0 Å². The highest BCUT2D eigenvalue weighted by Gasteiger charge is 2.38. The average molecular weight is 280 g/mol. The topological polar surface area (TPSA) is 83.8 Å². The van der Waals surface area contributed by atoms with Crippen molar-refractivity contribution in [3.8, 4) is 0 Å². The largest absolute Gasteiger partial charge is 0.490 e. The fourth-order valence-corrected chi connectivity index (χ4v) is 0.830. The van der Waals surface area contributed by atoms with Crippen LogP contribution in [0.1, 0.15) is 5.56 Å². The fraction of sp³-hybridized carbons (Fsp3) is 0.273. The summed E-state index contributed by atoms with van der Waals surface area (Å²) in [5, 5.41) is 15.4. The van der Waals surface area contributed by atoms with E-state index in [1.807, 2.05) is 30.3 Å². The Balaban J connectivity index is 0.000000399. The van der Waals surface area contributed by atoms with E-state index in [9.17, 15) is 18.0 Å². The van der Waals surface area contributed by atoms with Crippen LogP contribution in [0.5, 0.6) is 0 Å². The van der Waals surface area contributed by atoms with Gasteiger partial charge in [0.05, 0.1) is 6.61 Å². The van der Waals surface area contributed by atoms with Gasteiger partial charge in [0.15, 0.2) is 0 Å². The normalized spacial score (nSPS) is 10.3. The van der Waals surface area contributed by atoms with Crippen LogP contribution >= 0.6 is 0 Å². The number of ether oxygens (including phenoxy) is 1. The zero-order chi connectivity index (χ0) is 14.9. The van der Waals surface area contributed by atoms with Gasteiger partial charge in [0.2, 0.25) is 0 Å². The van der Waals surface area contributed by atoms with E-state index in [4.69, 9.17) is 19.7 Å². The number of carboxylic acid groups (broad SMARTS) is 2. The molecule has 1 aromatic rings. The summed E-state index contributed by atoms with van der Waals surface area (Å²) in [5.74, 6) is -3.70. The number of benzene rings is 1. The standard InChI is InChI=1S/C9H10O3.C2HF3O2/c10-9(11)7-12-6-8-4-2-1-3-5-8;3-2(4,5)1(6)7/h1-5H,6-7H2,(H,10,11);(H,6,7). The van der Waals surface area contributed by atoms with Gasteiger partial charge < -0.3 is 14.9 Å². The van der Waals surface area contributed by atoms with Gasteiger partial charge in [0.25, 0.3) is 0 Å². The number of alkyl halides is 3. The Labute approximate surface area is 106 Å². The van der Waals surface area contributed by atoms with Crippen molar-refractivity contribution in [3.05, 3.63) is 35.9 Å². The first-order valence-electron chi connectivity index (χ1n) is 4.87. The third-order valence-electron chi connectivity index (χ3n) is 1.58. The number of aliphatic carboxylic acids is 2. The van der Waals surface area contributed by atoms with Crippen molar-refractivity contribution in [3.63, 3.8) is 0 Å². The van der Waals surface area contributed by atoms with Gasteiger partial charge in [-0.25, -0.2) is 9.59 Å². The summed E-state index contributed by atoms with van der Waals surface area (Å²) in [6, 6.07) is 9.46. The van der Waals surface area contributed by atoms with Crippen LogP contribution in [-0.2, 0) is 20.9 Å². The quantitative estimate of drug-likeness (QED) is 0.880. The second-order valence-corrected chi connectivity index (χ2v) is 3.18. The SMILES string of the molecule is O=C(O)C(F)(F)F.O=C(O)COCc1ccccc1. The Morgan fingerprint density at radius 1 is 1.11 bits per heavy atom. The first-order chi connectivity index (χ1) is 8.73. The molecular formula is C11H11F3O5. The molecule has 0 saturated heterocycles. The first-order valence-corrected chi connectivity index (χ1v) is 4.87. The number of hydrogen-bond donors (Lipinski definition) is 2. The maximum Gasteiger partial charge on any atom is 0.490 e. The molecule has 0 aliphatic rings. The molecule has 0 aliphatic carbocycles. The molecule has 1 rings (SSSR count). The van der Waals surface area contributed by atoms with Crippen molar-refractivity contribution < 1.29 is 37.7 Å². The molecule has 0 saturated carbocycles. The van der Waals surface area contributed by atoms with E-state index in [2.05, 4.69) is 0 Å². The number of rotatable bonds is 4. The molecule has 19 heavy (non-hydrogen) atoms. The molecule has 5 nitrogen and oxygen atoms in total. The lowest BCUT2D eigenvalue weighted by atomic mass is 10.2. The van der Waals surface area contributed by atoms with Gasteiger partial charge in [-0.05, 0) is 5.56 Å². The first kappa shape index (κ1) is 16.9. The van der Waals surface area contributed by atoms with Crippen LogP contribution in [0, 0.1) is 0 Å². The Morgan fingerprint density at radius 3 is 1.95 bits per heavy atom. The van der Waals surface area contributed by atoms with Crippen LogP contribution in [0.15, 0.2) is 30.3 Å². The number of halogens is 3. The maximum atomic E-state index is 10.6. The highest BCUT2D eigenvalue weighted by molar-refractivity contribution is 5.73. The summed E-state index contributed by atoms with van der Waals surface area (Å²) in [6.07, 6.45) is -5.08. The highest BCUT2D eigenvalue weighted by atomic mass is 19.4. The van der Waals surface area contributed by atoms with Crippen molar-refractivity contribution in [2.24, 2.45) is 0 Å². The third kappa shape index (κ3) is 9.60. The smallest absolute Gasteiger partial charge is 0.480 e. The lowest BCUT2D eigenvalue weighted by Gasteiger charge is -1.99. The number of carboxylic acids is 2. The van der Waals surface area contributed by atoms with E-state index < -0.39 is 18.1 Å². The van der Waals surface area contributed by atoms with Crippen LogP contribution in [0.3, 0.4) is 0 Å². The molecule has 0 bridgehead atoms. The molecule has 0 unspecified atom stereocenters. The highest BCUT2D eigenvalue weighted by Crippen LogP contribution is 2.13. The van der Waals surface area contributed by atoms with E-state index in [0.717, 1.165) is 5.56 Å². The average Bonchev–Trinajstić information content (AvgIpc) is 2.29. The molecule has 0 aliphatic heterocycles. The van der Waals surface area contributed by atoms with Crippen LogP contribution < -0.4 is 0 Å². The Morgan fingerprint density at radius 2 is 1.58 bits per heavy atom. The van der Waals surface area contributed by atoms with E-state index in [1.165, 1.54) is 0 Å². The molecule has 106 valence electrons. The molecule has 0 aromatic heterocycles. The summed E-state index contributed by atoms with van der Waals surface area (Å²) in [5.41, 5.74) is 0.985. The lowest BCUT2D eigenvalue weighted by molar-refractivity contribution is -0.192. The lowest BCUT2D eigenvalue weighted by Crippen LogP contribution is -2.21. The molecule has 0 fully saturated rings. The van der Waals surface area contributed by atoms with Crippen molar-refractivity contribution >= 4 is 11.9 Å². The predicted octanol–water partition coefficient (Wildman–Crippen LogP) is 1.92. The molecule has 0 amide bonds. The van der Waals surface area contributed by atoms with Gasteiger partial charge in [0.1, 0.15) is 6.61 Å². The van der Waals surface area contributed by atoms with E-state index in [1.54, 1.807) is 0 Å². The molecule has 0 radical (unpaired) electrons. The molecular weight excluding hydrogens is 269 g/mol. The minimum Gasteiger partial charge on any atom is -0.480 e. The Bertz CT molecular complexity index is 403. The second kappa shape index (κ2) is 8.09. The van der Waals surface area contributed by atoms with Gasteiger partial charge in [-0.15, -0.1) is 0 Å². The van der Waals surface area contributed by atoms with Crippen molar-refractivity contribution in [2.45, 2.75) is 12.8 Å². The Hall–Kier alpha value is -2.09. The fourth-order valence-electron chi connectivity index (χ4n) is 0.830. The molecule has 0 heterocycles. The molecule has 8 heteroatoms. The zero-order valence-electron chi connectivity index (χ0n) is 9.55. The summed E-state index contributed by atoms with van der Waals surface area (Å²) < 4.78 is 36.6. The monoisotopic (exact) mass is 280 g/mol. The summed E-state index contributed by atoms with van der Waals surface area (Å²) >= 11 is 0. The van der Waals surface area contributed by atoms with Crippen molar-refractivity contribution in [1.82, 2.24) is 0 Å².